The van der Waals surface area contributed by atoms with Gasteiger partial charge in [-0.1, -0.05) is 42.6 Å². The zero-order valence-corrected chi connectivity index (χ0v) is 14.0. The molecule has 0 radical (unpaired) electrons. The fourth-order valence-corrected chi connectivity index (χ4v) is 2.88. The van der Waals surface area contributed by atoms with Gasteiger partial charge in [-0.05, 0) is 49.6 Å². The minimum atomic E-state index is 0.700. The molecule has 0 amide bonds. The lowest BCUT2D eigenvalue weighted by atomic mass is 10.0. The van der Waals surface area contributed by atoms with Crippen LogP contribution < -0.4 is 10.6 Å². The smallest absolute Gasteiger partial charge is 0.0400 e. The van der Waals surface area contributed by atoms with Crippen molar-refractivity contribution in [3.8, 4) is 0 Å². The molecular weight excluding hydrogens is 300 g/mol. The number of halogens is 1. The van der Waals surface area contributed by atoms with Gasteiger partial charge in [-0.3, -0.25) is 0 Å². The monoisotopic (exact) mass is 326 g/mol. The fourth-order valence-electron chi connectivity index (χ4n) is 2.47. The molecule has 1 rings (SSSR count). The molecule has 1 aromatic carbocycles. The van der Waals surface area contributed by atoms with Crippen molar-refractivity contribution in [1.82, 2.24) is 0 Å². The Morgan fingerprint density at radius 1 is 1.21 bits per heavy atom. The third kappa shape index (κ3) is 4.81. The number of rotatable bonds is 8. The molecule has 3 heteroatoms. The normalized spacial score (nSPS) is 11.1. The van der Waals surface area contributed by atoms with E-state index in [1.165, 1.54) is 24.1 Å². The topological polar surface area (TPSA) is 29.3 Å². The summed E-state index contributed by atoms with van der Waals surface area (Å²) < 4.78 is 1.14. The van der Waals surface area contributed by atoms with Gasteiger partial charge in [0, 0.05) is 23.2 Å². The predicted octanol–water partition coefficient (Wildman–Crippen LogP) is 4.21. The van der Waals surface area contributed by atoms with E-state index < -0.39 is 0 Å². The Labute approximate surface area is 126 Å². The Morgan fingerprint density at radius 2 is 1.89 bits per heavy atom. The Morgan fingerprint density at radius 3 is 2.42 bits per heavy atom. The van der Waals surface area contributed by atoms with Gasteiger partial charge in [0.25, 0.3) is 0 Å². The van der Waals surface area contributed by atoms with Gasteiger partial charge in [-0.15, -0.1) is 0 Å². The van der Waals surface area contributed by atoms with Crippen LogP contribution in [0.15, 0.2) is 22.7 Å². The Kier molecular flexibility index (Phi) is 7.47. The second-order valence-corrected chi connectivity index (χ2v) is 5.95. The largest absolute Gasteiger partial charge is 0.371 e. The number of hydrogen-bond acceptors (Lipinski definition) is 2. The molecule has 0 aliphatic rings. The van der Waals surface area contributed by atoms with Crippen molar-refractivity contribution in [3.63, 3.8) is 0 Å². The van der Waals surface area contributed by atoms with Crippen molar-refractivity contribution in [3.05, 3.63) is 28.2 Å². The van der Waals surface area contributed by atoms with Crippen LogP contribution >= 0.6 is 15.9 Å². The highest BCUT2D eigenvalue weighted by molar-refractivity contribution is 9.10. The standard InChI is InChI=1S/C16H27BrN2/c1-4-13(5-2)12-19(6-3)16-8-7-15(17)11-14(16)9-10-18/h7-8,11,13H,4-6,9-10,12,18H2,1-3H3. The van der Waals surface area contributed by atoms with E-state index in [9.17, 15) is 0 Å². The van der Waals surface area contributed by atoms with Crippen LogP contribution in [0, 0.1) is 5.92 Å². The van der Waals surface area contributed by atoms with E-state index in [1.54, 1.807) is 0 Å². The van der Waals surface area contributed by atoms with Crippen LogP contribution in [0.25, 0.3) is 0 Å². The van der Waals surface area contributed by atoms with Crippen molar-refractivity contribution < 1.29 is 0 Å². The van der Waals surface area contributed by atoms with Crippen LogP contribution in [0.5, 0.6) is 0 Å². The first-order valence-electron chi connectivity index (χ1n) is 7.39. The molecule has 0 heterocycles. The van der Waals surface area contributed by atoms with Gasteiger partial charge in [0.2, 0.25) is 0 Å². The van der Waals surface area contributed by atoms with Crippen molar-refractivity contribution in [2.75, 3.05) is 24.5 Å². The highest BCUT2D eigenvalue weighted by atomic mass is 79.9. The molecule has 0 fully saturated rings. The molecule has 19 heavy (non-hydrogen) atoms. The Balaban J connectivity index is 2.96. The fraction of sp³-hybridized carbons (Fsp3) is 0.625. The highest BCUT2D eigenvalue weighted by Crippen LogP contribution is 2.26. The molecule has 0 aliphatic heterocycles. The van der Waals surface area contributed by atoms with Gasteiger partial charge in [-0.2, -0.15) is 0 Å². The second-order valence-electron chi connectivity index (χ2n) is 5.03. The van der Waals surface area contributed by atoms with E-state index in [-0.39, 0.29) is 0 Å². The van der Waals surface area contributed by atoms with E-state index in [0.717, 1.165) is 29.9 Å². The molecule has 0 saturated carbocycles. The number of hydrogen-bond donors (Lipinski definition) is 1. The summed E-state index contributed by atoms with van der Waals surface area (Å²) in [6.45, 7) is 9.69. The molecule has 2 nitrogen and oxygen atoms in total. The Bertz CT molecular complexity index is 375. The van der Waals surface area contributed by atoms with Crippen molar-refractivity contribution in [1.29, 1.82) is 0 Å². The lowest BCUT2D eigenvalue weighted by Crippen LogP contribution is -2.30. The molecule has 0 spiro atoms. The first-order valence-corrected chi connectivity index (χ1v) is 8.18. The van der Waals surface area contributed by atoms with Crippen LogP contribution in [0.3, 0.4) is 0 Å². The summed E-state index contributed by atoms with van der Waals surface area (Å²) in [5.74, 6) is 0.773. The molecule has 1 aromatic rings. The SMILES string of the molecule is CCC(CC)CN(CC)c1ccc(Br)cc1CCN. The number of anilines is 1. The van der Waals surface area contributed by atoms with Crippen molar-refractivity contribution in [2.24, 2.45) is 11.7 Å². The molecule has 0 atom stereocenters. The van der Waals surface area contributed by atoms with Gasteiger partial charge in [-0.25, -0.2) is 0 Å². The maximum absolute atomic E-state index is 5.74. The zero-order valence-electron chi connectivity index (χ0n) is 12.5. The molecule has 2 N–H and O–H groups in total. The summed E-state index contributed by atoms with van der Waals surface area (Å²) >= 11 is 3.56. The van der Waals surface area contributed by atoms with Crippen LogP contribution in [-0.4, -0.2) is 19.6 Å². The molecule has 108 valence electrons. The molecule has 0 unspecified atom stereocenters. The first-order chi connectivity index (χ1) is 9.15. The average molecular weight is 327 g/mol. The zero-order chi connectivity index (χ0) is 14.3. The summed E-state index contributed by atoms with van der Waals surface area (Å²) in [5, 5.41) is 0. The van der Waals surface area contributed by atoms with Gasteiger partial charge in [0.05, 0.1) is 0 Å². The maximum Gasteiger partial charge on any atom is 0.0400 e. The van der Waals surface area contributed by atoms with Gasteiger partial charge in [0.15, 0.2) is 0 Å². The van der Waals surface area contributed by atoms with Gasteiger partial charge in [0.1, 0.15) is 0 Å². The first kappa shape index (κ1) is 16.5. The molecule has 0 saturated heterocycles. The minimum Gasteiger partial charge on any atom is -0.371 e. The summed E-state index contributed by atoms with van der Waals surface area (Å²) in [6, 6.07) is 6.56. The van der Waals surface area contributed by atoms with Crippen LogP contribution in [-0.2, 0) is 6.42 Å². The van der Waals surface area contributed by atoms with E-state index in [4.69, 9.17) is 5.73 Å². The van der Waals surface area contributed by atoms with E-state index in [0.29, 0.717) is 6.54 Å². The minimum absolute atomic E-state index is 0.700. The summed E-state index contributed by atoms with van der Waals surface area (Å²) in [4.78, 5) is 2.50. The van der Waals surface area contributed by atoms with E-state index >= 15 is 0 Å². The number of nitrogens with two attached hydrogens (primary N) is 1. The van der Waals surface area contributed by atoms with Gasteiger partial charge >= 0.3 is 0 Å². The molecule has 0 bridgehead atoms. The van der Waals surface area contributed by atoms with Crippen LogP contribution in [0.4, 0.5) is 5.69 Å². The quantitative estimate of drug-likeness (QED) is 0.775. The molecular formula is C16H27BrN2. The van der Waals surface area contributed by atoms with E-state index in [2.05, 4.69) is 59.8 Å². The van der Waals surface area contributed by atoms with Crippen molar-refractivity contribution in [2.45, 2.75) is 40.0 Å². The van der Waals surface area contributed by atoms with Crippen molar-refractivity contribution >= 4 is 21.6 Å². The molecule has 0 aliphatic carbocycles. The third-order valence-corrected chi connectivity index (χ3v) is 4.30. The van der Waals surface area contributed by atoms with Crippen LogP contribution in [0.2, 0.25) is 0 Å². The highest BCUT2D eigenvalue weighted by Gasteiger charge is 2.14. The summed E-state index contributed by atoms with van der Waals surface area (Å²) in [7, 11) is 0. The summed E-state index contributed by atoms with van der Waals surface area (Å²) in [6.07, 6.45) is 3.43. The predicted molar refractivity (Wildman–Crippen MR) is 88.9 cm³/mol. The van der Waals surface area contributed by atoms with Gasteiger partial charge < -0.3 is 10.6 Å². The Hall–Kier alpha value is -0.540. The lowest BCUT2D eigenvalue weighted by molar-refractivity contribution is 0.485. The second kappa shape index (κ2) is 8.60. The number of nitrogens with zero attached hydrogens (tertiary/aromatic N) is 1. The molecule has 0 aromatic heterocycles. The third-order valence-electron chi connectivity index (χ3n) is 3.81. The average Bonchev–Trinajstić information content (AvgIpc) is 2.42. The lowest BCUT2D eigenvalue weighted by Gasteiger charge is -2.29. The summed E-state index contributed by atoms with van der Waals surface area (Å²) in [5.41, 5.74) is 8.44. The number of benzene rings is 1. The van der Waals surface area contributed by atoms with E-state index in [1.807, 2.05) is 0 Å². The maximum atomic E-state index is 5.74. The van der Waals surface area contributed by atoms with Crippen LogP contribution in [0.1, 0.15) is 39.2 Å².